The summed E-state index contributed by atoms with van der Waals surface area (Å²) < 4.78 is 39.0. The van der Waals surface area contributed by atoms with Gasteiger partial charge < -0.3 is 14.1 Å². The Morgan fingerprint density at radius 3 is 2.30 bits per heavy atom. The van der Waals surface area contributed by atoms with Crippen molar-refractivity contribution in [2.45, 2.75) is 37.1 Å². The lowest BCUT2D eigenvalue weighted by atomic mass is 10.1. The molecule has 0 aliphatic carbocycles. The van der Waals surface area contributed by atoms with Crippen LogP contribution in [0.25, 0.3) is 11.1 Å². The Morgan fingerprint density at radius 2 is 1.58 bits per heavy atom. The van der Waals surface area contributed by atoms with Crippen LogP contribution in [0, 0.1) is 0 Å². The van der Waals surface area contributed by atoms with Crippen LogP contribution in [0.15, 0.2) is 70.2 Å². The monoisotopic (exact) mass is 466 g/mol. The second-order valence-electron chi connectivity index (χ2n) is 8.76. The molecule has 3 heterocycles. The van der Waals surface area contributed by atoms with Gasteiger partial charge in [0.15, 0.2) is 0 Å². The van der Waals surface area contributed by atoms with Crippen LogP contribution < -0.4 is 4.74 Å². The molecule has 2 aliphatic heterocycles. The number of hydrogen-bond acceptors (Lipinski definition) is 5. The molecule has 0 atom stereocenters. The average Bonchev–Trinajstić information content (AvgIpc) is 3.54. The maximum atomic E-state index is 13.1. The molecule has 0 amide bonds. The Bertz CT molecular complexity index is 1160. The van der Waals surface area contributed by atoms with E-state index in [0.29, 0.717) is 17.9 Å². The van der Waals surface area contributed by atoms with E-state index in [1.807, 2.05) is 42.5 Å². The first-order valence-electron chi connectivity index (χ1n) is 11.7. The van der Waals surface area contributed by atoms with Crippen molar-refractivity contribution in [1.29, 1.82) is 0 Å². The Hall–Kier alpha value is -2.61. The standard InChI is InChI=1S/C26H30N2O4S/c29-33(30,28-17-12-23-13-19-32-26(23)20-28)25-10-6-22(7-11-25)21-4-8-24(9-5-21)31-18-3-16-27-14-1-2-15-27/h4-11,13,19H,1-3,12,14-18,20H2. The summed E-state index contributed by atoms with van der Waals surface area (Å²) in [6, 6.07) is 17.0. The SMILES string of the molecule is O=S(=O)(c1ccc(-c2ccc(OCCCN3CCCC3)cc2)cc1)N1CCc2ccoc2C1. The van der Waals surface area contributed by atoms with Gasteiger partial charge in [-0.3, -0.25) is 0 Å². The molecule has 33 heavy (non-hydrogen) atoms. The first kappa shape index (κ1) is 22.2. The van der Waals surface area contributed by atoms with Gasteiger partial charge in [0.05, 0.1) is 24.3 Å². The fourth-order valence-electron chi connectivity index (χ4n) is 4.61. The van der Waals surface area contributed by atoms with Crippen LogP contribution in [-0.4, -0.2) is 50.4 Å². The van der Waals surface area contributed by atoms with Gasteiger partial charge in [-0.25, -0.2) is 8.42 Å². The van der Waals surface area contributed by atoms with E-state index in [-0.39, 0.29) is 6.54 Å². The molecular weight excluding hydrogens is 436 g/mol. The second-order valence-corrected chi connectivity index (χ2v) is 10.7. The molecule has 0 saturated carbocycles. The summed E-state index contributed by atoms with van der Waals surface area (Å²) in [4.78, 5) is 2.80. The van der Waals surface area contributed by atoms with Crippen molar-refractivity contribution in [3.63, 3.8) is 0 Å². The van der Waals surface area contributed by atoms with E-state index in [2.05, 4.69) is 4.90 Å². The van der Waals surface area contributed by atoms with E-state index in [0.717, 1.165) is 47.8 Å². The van der Waals surface area contributed by atoms with Gasteiger partial charge in [0.1, 0.15) is 11.5 Å². The molecular formula is C26H30N2O4S. The minimum absolute atomic E-state index is 0.284. The van der Waals surface area contributed by atoms with Crippen molar-refractivity contribution in [3.05, 3.63) is 72.2 Å². The molecule has 3 aromatic rings. The highest BCUT2D eigenvalue weighted by Gasteiger charge is 2.29. The van der Waals surface area contributed by atoms with E-state index in [1.54, 1.807) is 18.4 Å². The van der Waals surface area contributed by atoms with Crippen molar-refractivity contribution in [2.24, 2.45) is 0 Å². The third-order valence-electron chi connectivity index (χ3n) is 6.55. The van der Waals surface area contributed by atoms with Crippen LogP contribution in [0.3, 0.4) is 0 Å². The molecule has 0 bridgehead atoms. The summed E-state index contributed by atoms with van der Waals surface area (Å²) >= 11 is 0. The quantitative estimate of drug-likeness (QED) is 0.456. The topological polar surface area (TPSA) is 63.0 Å². The second kappa shape index (κ2) is 9.71. The maximum Gasteiger partial charge on any atom is 0.243 e. The molecule has 0 spiro atoms. The van der Waals surface area contributed by atoms with E-state index >= 15 is 0 Å². The maximum absolute atomic E-state index is 13.1. The van der Waals surface area contributed by atoms with Crippen LogP contribution >= 0.6 is 0 Å². The van der Waals surface area contributed by atoms with Gasteiger partial charge in [-0.15, -0.1) is 0 Å². The molecule has 0 N–H and O–H groups in total. The number of ether oxygens (including phenoxy) is 1. The minimum atomic E-state index is -3.56. The predicted octanol–water partition coefficient (Wildman–Crippen LogP) is 4.56. The Morgan fingerprint density at radius 1 is 0.879 bits per heavy atom. The number of fused-ring (bicyclic) bond motifs is 1. The van der Waals surface area contributed by atoms with Crippen molar-refractivity contribution in [3.8, 4) is 16.9 Å². The molecule has 6 nitrogen and oxygen atoms in total. The van der Waals surface area contributed by atoms with Crippen LogP contribution in [0.4, 0.5) is 0 Å². The predicted molar refractivity (Wildman–Crippen MR) is 128 cm³/mol. The van der Waals surface area contributed by atoms with Gasteiger partial charge in [0.25, 0.3) is 0 Å². The molecule has 1 saturated heterocycles. The van der Waals surface area contributed by atoms with Crippen molar-refractivity contribution in [1.82, 2.24) is 9.21 Å². The number of hydrogen-bond donors (Lipinski definition) is 0. The van der Waals surface area contributed by atoms with Crippen LogP contribution in [0.1, 0.15) is 30.6 Å². The Kier molecular flexibility index (Phi) is 6.53. The molecule has 0 unspecified atom stereocenters. The number of likely N-dealkylation sites (tertiary alicyclic amines) is 1. The average molecular weight is 467 g/mol. The van der Waals surface area contributed by atoms with Gasteiger partial charge >= 0.3 is 0 Å². The molecule has 1 aromatic heterocycles. The highest BCUT2D eigenvalue weighted by molar-refractivity contribution is 7.89. The van der Waals surface area contributed by atoms with E-state index in [4.69, 9.17) is 9.15 Å². The first-order chi connectivity index (χ1) is 16.1. The normalized spacial score (nSPS) is 17.2. The fourth-order valence-corrected chi connectivity index (χ4v) is 6.01. The Labute approximate surface area is 195 Å². The van der Waals surface area contributed by atoms with E-state index in [1.165, 1.54) is 30.2 Å². The smallest absolute Gasteiger partial charge is 0.243 e. The highest BCUT2D eigenvalue weighted by Crippen LogP contribution is 2.28. The van der Waals surface area contributed by atoms with E-state index < -0.39 is 10.0 Å². The highest BCUT2D eigenvalue weighted by atomic mass is 32.2. The summed E-state index contributed by atoms with van der Waals surface area (Å²) in [6.07, 6.45) is 5.98. The lowest BCUT2D eigenvalue weighted by molar-refractivity contribution is 0.263. The minimum Gasteiger partial charge on any atom is -0.494 e. The lowest BCUT2D eigenvalue weighted by Gasteiger charge is -2.25. The summed E-state index contributed by atoms with van der Waals surface area (Å²) in [6.45, 7) is 5.02. The number of rotatable bonds is 8. The zero-order chi connectivity index (χ0) is 22.7. The number of furan rings is 1. The fraction of sp³-hybridized carbons (Fsp3) is 0.385. The van der Waals surface area contributed by atoms with Crippen LogP contribution in [-0.2, 0) is 23.0 Å². The zero-order valence-corrected chi connectivity index (χ0v) is 19.6. The summed E-state index contributed by atoms with van der Waals surface area (Å²) in [5, 5.41) is 0. The first-order valence-corrected chi connectivity index (χ1v) is 13.1. The summed E-state index contributed by atoms with van der Waals surface area (Å²) in [7, 11) is -3.56. The van der Waals surface area contributed by atoms with Gasteiger partial charge in [-0.2, -0.15) is 4.31 Å². The number of nitrogens with zero attached hydrogens (tertiary/aromatic N) is 2. The van der Waals surface area contributed by atoms with Crippen molar-refractivity contribution in [2.75, 3.05) is 32.8 Å². The molecule has 2 aliphatic rings. The number of benzene rings is 2. The largest absolute Gasteiger partial charge is 0.494 e. The molecule has 0 radical (unpaired) electrons. The third kappa shape index (κ3) is 5.00. The van der Waals surface area contributed by atoms with Gasteiger partial charge in [0, 0.05) is 13.1 Å². The lowest BCUT2D eigenvalue weighted by Crippen LogP contribution is -2.35. The number of sulfonamides is 1. The molecule has 1 fully saturated rings. The third-order valence-corrected chi connectivity index (χ3v) is 8.41. The van der Waals surface area contributed by atoms with Gasteiger partial charge in [-0.1, -0.05) is 24.3 Å². The van der Waals surface area contributed by atoms with E-state index in [9.17, 15) is 8.42 Å². The van der Waals surface area contributed by atoms with Gasteiger partial charge in [-0.05, 0) is 85.8 Å². The molecule has 7 heteroatoms. The van der Waals surface area contributed by atoms with Crippen LogP contribution in [0.5, 0.6) is 5.75 Å². The molecule has 174 valence electrons. The van der Waals surface area contributed by atoms with Crippen molar-refractivity contribution < 1.29 is 17.6 Å². The molecule has 5 rings (SSSR count). The van der Waals surface area contributed by atoms with Crippen LogP contribution in [0.2, 0.25) is 0 Å². The summed E-state index contributed by atoms with van der Waals surface area (Å²) in [5.74, 6) is 1.60. The summed E-state index contributed by atoms with van der Waals surface area (Å²) in [5.41, 5.74) is 3.10. The van der Waals surface area contributed by atoms with Gasteiger partial charge in [0.2, 0.25) is 10.0 Å². The molecule has 2 aromatic carbocycles. The Balaban J connectivity index is 1.18. The van der Waals surface area contributed by atoms with Crippen molar-refractivity contribution >= 4 is 10.0 Å². The zero-order valence-electron chi connectivity index (χ0n) is 18.8.